The molecular weight excluding hydrogens is 603 g/mol. The van der Waals surface area contributed by atoms with Crippen molar-refractivity contribution >= 4 is 27.1 Å². The monoisotopic (exact) mass is 637 g/mol. The number of benzene rings is 5. The Kier molecular flexibility index (Phi) is 8.00. The van der Waals surface area contributed by atoms with Crippen LogP contribution in [0.15, 0.2) is 162 Å². The van der Waals surface area contributed by atoms with E-state index in [0.29, 0.717) is 12.0 Å². The Morgan fingerprint density at radius 3 is 1.83 bits per heavy atom. The van der Waals surface area contributed by atoms with E-state index in [4.69, 9.17) is 4.74 Å². The Hall–Kier alpha value is -5.04. The number of ether oxygens (including phenoxy) is 1. The Bertz CT molecular complexity index is 2090. The van der Waals surface area contributed by atoms with Crippen molar-refractivity contribution in [2.75, 3.05) is 6.54 Å². The Morgan fingerprint density at radius 2 is 1.26 bits per heavy atom. The van der Waals surface area contributed by atoms with Crippen LogP contribution in [0.25, 0.3) is 11.1 Å². The number of rotatable bonds is 8. The summed E-state index contributed by atoms with van der Waals surface area (Å²) in [6, 6.07) is 45.1. The van der Waals surface area contributed by atoms with Crippen LogP contribution in [0.5, 0.6) is 0 Å². The van der Waals surface area contributed by atoms with Gasteiger partial charge in [-0.05, 0) is 59.9 Å². The summed E-state index contributed by atoms with van der Waals surface area (Å²) < 4.78 is 37.6. The highest BCUT2D eigenvalue weighted by molar-refractivity contribution is 7.89. The van der Waals surface area contributed by atoms with Crippen LogP contribution >= 0.6 is 0 Å². The van der Waals surface area contributed by atoms with E-state index >= 15 is 0 Å². The highest BCUT2D eigenvalue weighted by atomic mass is 32.2. The first-order valence-electron chi connectivity index (χ1n) is 15.9. The molecule has 0 amide bonds. The molecule has 5 aromatic carbocycles. The van der Waals surface area contributed by atoms with E-state index in [1.54, 1.807) is 28.6 Å². The number of aryl methyl sites for hydroxylation is 1. The second-order valence-electron chi connectivity index (χ2n) is 12.0. The normalized spacial score (nSPS) is 19.6. The van der Waals surface area contributed by atoms with Gasteiger partial charge in [0.05, 0.1) is 16.5 Å². The summed E-state index contributed by atoms with van der Waals surface area (Å²) in [7, 11) is -3.92. The highest BCUT2D eigenvalue weighted by Crippen LogP contribution is 2.63. The molecular formula is C41H35NO4S. The molecule has 0 N–H and O–H groups in total. The lowest BCUT2D eigenvalue weighted by Crippen LogP contribution is -2.54. The first-order valence-corrected chi connectivity index (χ1v) is 17.3. The zero-order valence-corrected chi connectivity index (χ0v) is 27.2. The van der Waals surface area contributed by atoms with Crippen molar-refractivity contribution < 1.29 is 17.9 Å². The van der Waals surface area contributed by atoms with Crippen LogP contribution in [-0.4, -0.2) is 31.3 Å². The number of sulfonamides is 1. The minimum atomic E-state index is -3.92. The summed E-state index contributed by atoms with van der Waals surface area (Å²) in [5, 5.41) is 0. The van der Waals surface area contributed by atoms with Gasteiger partial charge >= 0.3 is 5.97 Å². The smallest absolute Gasteiger partial charge is 0.339 e. The third-order valence-corrected chi connectivity index (χ3v) is 11.0. The SMILES string of the molecule is CC[C@H]1C(c2ccccc2)=C2C(=C(c3ccccc3)[C@@]2(OC(=O)c2ccccc2)c2ccccc2)CN1S(=O)(=O)c1ccc(C)cc1. The molecule has 2 atom stereocenters. The highest BCUT2D eigenvalue weighted by Gasteiger charge is 2.60. The van der Waals surface area contributed by atoms with Crippen molar-refractivity contribution in [3.63, 3.8) is 0 Å². The number of hydrogen-bond acceptors (Lipinski definition) is 4. The maximum Gasteiger partial charge on any atom is 0.339 e. The molecule has 1 aliphatic carbocycles. The van der Waals surface area contributed by atoms with Crippen molar-refractivity contribution in [3.8, 4) is 0 Å². The van der Waals surface area contributed by atoms with E-state index in [9.17, 15) is 13.2 Å². The topological polar surface area (TPSA) is 63.7 Å². The number of carbonyl (C=O) groups excluding carboxylic acids is 1. The Labute approximate surface area is 276 Å². The van der Waals surface area contributed by atoms with Crippen LogP contribution in [0.1, 0.15) is 46.0 Å². The quantitative estimate of drug-likeness (QED) is 0.160. The van der Waals surface area contributed by atoms with E-state index in [1.165, 1.54) is 0 Å². The van der Waals surface area contributed by atoms with E-state index in [2.05, 4.69) is 0 Å². The molecule has 0 saturated carbocycles. The molecule has 0 spiro atoms. The first-order chi connectivity index (χ1) is 22.9. The Morgan fingerprint density at radius 1 is 0.723 bits per heavy atom. The predicted octanol–water partition coefficient (Wildman–Crippen LogP) is 8.45. The van der Waals surface area contributed by atoms with Crippen LogP contribution in [0.4, 0.5) is 0 Å². The van der Waals surface area contributed by atoms with Crippen LogP contribution in [0, 0.1) is 6.92 Å². The Balaban J connectivity index is 1.56. The maximum atomic E-state index is 14.6. The van der Waals surface area contributed by atoms with E-state index in [1.807, 2.05) is 135 Å². The largest absolute Gasteiger partial charge is 0.441 e. The number of carbonyl (C=O) groups is 1. The van der Waals surface area contributed by atoms with Crippen LogP contribution in [-0.2, 0) is 20.4 Å². The van der Waals surface area contributed by atoms with Crippen molar-refractivity contribution in [1.29, 1.82) is 0 Å². The van der Waals surface area contributed by atoms with Crippen LogP contribution in [0.2, 0.25) is 0 Å². The molecule has 2 aliphatic rings. The van der Waals surface area contributed by atoms with Gasteiger partial charge in [-0.2, -0.15) is 4.31 Å². The molecule has 0 radical (unpaired) electrons. The average molecular weight is 638 g/mol. The molecule has 1 heterocycles. The third-order valence-electron chi connectivity index (χ3n) is 9.17. The summed E-state index contributed by atoms with van der Waals surface area (Å²) >= 11 is 0. The van der Waals surface area contributed by atoms with Gasteiger partial charge in [0.2, 0.25) is 10.0 Å². The first kappa shape index (κ1) is 30.6. The fourth-order valence-electron chi connectivity index (χ4n) is 7.04. The van der Waals surface area contributed by atoms with Crippen molar-refractivity contribution in [1.82, 2.24) is 4.31 Å². The van der Waals surface area contributed by atoms with Gasteiger partial charge in [0, 0.05) is 23.3 Å². The lowest BCUT2D eigenvalue weighted by Gasteiger charge is -2.54. The molecule has 0 saturated heterocycles. The van der Waals surface area contributed by atoms with Gasteiger partial charge in [0.25, 0.3) is 0 Å². The maximum absolute atomic E-state index is 14.6. The molecule has 0 unspecified atom stereocenters. The van der Waals surface area contributed by atoms with Gasteiger partial charge in [-0.3, -0.25) is 0 Å². The second kappa shape index (κ2) is 12.3. The summed E-state index contributed by atoms with van der Waals surface area (Å²) in [6.07, 6.45) is 0.518. The van der Waals surface area contributed by atoms with Gasteiger partial charge in [-0.15, -0.1) is 0 Å². The van der Waals surface area contributed by atoms with E-state index in [0.717, 1.165) is 44.5 Å². The minimum absolute atomic E-state index is 0.141. The number of hydrogen-bond donors (Lipinski definition) is 0. The van der Waals surface area contributed by atoms with Gasteiger partial charge in [0.15, 0.2) is 5.60 Å². The van der Waals surface area contributed by atoms with Crippen LogP contribution < -0.4 is 0 Å². The molecule has 5 nitrogen and oxygen atoms in total. The van der Waals surface area contributed by atoms with Gasteiger partial charge in [-0.25, -0.2) is 13.2 Å². The summed E-state index contributed by atoms with van der Waals surface area (Å²) in [6.45, 7) is 4.10. The average Bonchev–Trinajstić information content (AvgIpc) is 3.11. The number of fused-ring (bicyclic) bond motifs is 1. The van der Waals surface area contributed by atoms with Crippen molar-refractivity contribution in [2.45, 2.75) is 36.8 Å². The predicted molar refractivity (Wildman–Crippen MR) is 186 cm³/mol. The molecule has 0 aromatic heterocycles. The zero-order chi connectivity index (χ0) is 32.6. The lowest BCUT2D eigenvalue weighted by molar-refractivity contribution is 0.0147. The van der Waals surface area contributed by atoms with E-state index in [-0.39, 0.29) is 11.4 Å². The third kappa shape index (κ3) is 5.14. The van der Waals surface area contributed by atoms with Crippen molar-refractivity contribution in [3.05, 3.63) is 185 Å². The van der Waals surface area contributed by atoms with Gasteiger partial charge in [0.1, 0.15) is 0 Å². The fraction of sp³-hybridized carbons (Fsp3) is 0.146. The molecule has 7 rings (SSSR count). The van der Waals surface area contributed by atoms with Crippen molar-refractivity contribution in [2.24, 2.45) is 0 Å². The molecule has 1 aliphatic heterocycles. The van der Waals surface area contributed by atoms with Crippen LogP contribution in [0.3, 0.4) is 0 Å². The molecule has 0 bridgehead atoms. The molecule has 234 valence electrons. The van der Waals surface area contributed by atoms with E-state index < -0.39 is 27.6 Å². The lowest BCUT2D eigenvalue weighted by atomic mass is 9.58. The minimum Gasteiger partial charge on any atom is -0.441 e. The fourth-order valence-corrected chi connectivity index (χ4v) is 8.68. The summed E-state index contributed by atoms with van der Waals surface area (Å²) in [4.78, 5) is 14.4. The molecule has 5 aromatic rings. The number of esters is 1. The zero-order valence-electron chi connectivity index (χ0n) is 26.3. The standard InChI is InChI=1S/C41H35NO4S/c1-3-36-37(30-16-8-4-9-17-30)39-35(28-42(36)47(44,45)34-26-24-29(2)25-27-34)38(31-18-10-5-11-19-31)41(39,33-22-14-7-15-23-33)46-40(43)32-20-12-6-13-21-32/h4-27,36H,3,28H2,1-2H3/t36-,41-/m0/s1. The summed E-state index contributed by atoms with van der Waals surface area (Å²) in [5.41, 5.74) is 6.03. The molecule has 47 heavy (non-hydrogen) atoms. The molecule has 0 fully saturated rings. The number of nitrogens with zero attached hydrogens (tertiary/aromatic N) is 1. The second-order valence-corrected chi connectivity index (χ2v) is 13.9. The van der Waals surface area contributed by atoms with Gasteiger partial charge < -0.3 is 4.74 Å². The summed E-state index contributed by atoms with van der Waals surface area (Å²) in [5.74, 6) is -0.454. The van der Waals surface area contributed by atoms with Gasteiger partial charge in [-0.1, -0.05) is 134 Å². The molecule has 6 heteroatoms.